The van der Waals surface area contributed by atoms with Crippen LogP contribution in [0.25, 0.3) is 16.2 Å². The lowest BCUT2D eigenvalue weighted by Crippen LogP contribution is -2.28. The molecule has 0 aliphatic carbocycles. The normalized spacial score (nSPS) is 11.0. The number of nitrogens with zero attached hydrogens (tertiary/aromatic N) is 3. The number of unbranched alkanes of at least 4 members (excludes halogenated alkanes) is 1. The highest BCUT2D eigenvalue weighted by molar-refractivity contribution is 7.15. The molecule has 1 aromatic carbocycles. The summed E-state index contributed by atoms with van der Waals surface area (Å²) in [6.45, 7) is 2.91. The first-order chi connectivity index (χ1) is 10.7. The van der Waals surface area contributed by atoms with Crippen molar-refractivity contribution in [2.75, 3.05) is 13.6 Å². The van der Waals surface area contributed by atoms with Gasteiger partial charge in [0, 0.05) is 30.7 Å². The number of carbonyl (C=O) groups is 1. The summed E-state index contributed by atoms with van der Waals surface area (Å²) in [5.74, 6) is 0.0525. The van der Waals surface area contributed by atoms with Crippen molar-refractivity contribution in [1.29, 1.82) is 0 Å². The summed E-state index contributed by atoms with van der Waals surface area (Å²) in [7, 11) is 1.86. The van der Waals surface area contributed by atoms with E-state index in [-0.39, 0.29) is 5.91 Å². The van der Waals surface area contributed by atoms with Gasteiger partial charge in [-0.3, -0.25) is 9.20 Å². The van der Waals surface area contributed by atoms with Crippen molar-refractivity contribution in [1.82, 2.24) is 14.3 Å². The van der Waals surface area contributed by atoms with Gasteiger partial charge in [0.1, 0.15) is 5.69 Å². The summed E-state index contributed by atoms with van der Waals surface area (Å²) in [5, 5.41) is 1.89. The van der Waals surface area contributed by atoms with Gasteiger partial charge < -0.3 is 4.90 Å². The Bertz CT molecular complexity index is 776. The molecule has 0 N–H and O–H groups in total. The number of aromatic nitrogens is 2. The number of rotatable bonds is 5. The number of hydrogen-bond acceptors (Lipinski definition) is 3. The minimum Gasteiger partial charge on any atom is -0.340 e. The molecule has 0 saturated carbocycles. The molecule has 22 heavy (non-hydrogen) atoms. The third-order valence-electron chi connectivity index (χ3n) is 3.69. The lowest BCUT2D eigenvalue weighted by atomic mass is 10.2. The van der Waals surface area contributed by atoms with Crippen molar-refractivity contribution in [2.45, 2.75) is 19.8 Å². The summed E-state index contributed by atoms with van der Waals surface area (Å²) >= 11 is 1.50. The van der Waals surface area contributed by atoms with Crippen molar-refractivity contribution in [3.05, 3.63) is 47.6 Å². The zero-order chi connectivity index (χ0) is 15.5. The Balaban J connectivity index is 1.92. The molecule has 3 aromatic rings. The maximum Gasteiger partial charge on any atom is 0.271 e. The van der Waals surface area contributed by atoms with Crippen molar-refractivity contribution < 1.29 is 4.79 Å². The molecule has 0 aliphatic heterocycles. The van der Waals surface area contributed by atoms with Gasteiger partial charge >= 0.3 is 0 Å². The quantitative estimate of drug-likeness (QED) is 0.715. The molecule has 0 aliphatic rings. The van der Waals surface area contributed by atoms with Crippen molar-refractivity contribution in [3.8, 4) is 11.3 Å². The van der Waals surface area contributed by atoms with E-state index in [4.69, 9.17) is 0 Å². The Labute approximate surface area is 134 Å². The lowest BCUT2D eigenvalue weighted by Gasteiger charge is -2.15. The van der Waals surface area contributed by atoms with Gasteiger partial charge in [0.05, 0.1) is 5.69 Å². The summed E-state index contributed by atoms with van der Waals surface area (Å²) < 4.78 is 1.90. The summed E-state index contributed by atoms with van der Waals surface area (Å²) in [6, 6.07) is 10.0. The predicted molar refractivity (Wildman–Crippen MR) is 90.4 cm³/mol. The number of amides is 1. The zero-order valence-corrected chi connectivity index (χ0v) is 13.6. The van der Waals surface area contributed by atoms with E-state index < -0.39 is 0 Å². The molecular formula is C17H19N3OS. The Morgan fingerprint density at radius 3 is 2.82 bits per heavy atom. The zero-order valence-electron chi connectivity index (χ0n) is 12.8. The largest absolute Gasteiger partial charge is 0.340 e. The van der Waals surface area contributed by atoms with Crippen molar-refractivity contribution in [3.63, 3.8) is 0 Å². The van der Waals surface area contributed by atoms with E-state index >= 15 is 0 Å². The number of hydrogen-bond donors (Lipinski definition) is 0. The van der Waals surface area contributed by atoms with Gasteiger partial charge in [-0.2, -0.15) is 0 Å². The smallest absolute Gasteiger partial charge is 0.271 e. The minimum atomic E-state index is 0.0525. The molecular weight excluding hydrogens is 294 g/mol. The third-order valence-corrected chi connectivity index (χ3v) is 4.53. The first-order valence-electron chi connectivity index (χ1n) is 7.48. The van der Waals surface area contributed by atoms with E-state index in [9.17, 15) is 4.79 Å². The molecule has 0 spiro atoms. The fourth-order valence-corrected chi connectivity index (χ4v) is 3.23. The van der Waals surface area contributed by atoms with Crippen LogP contribution in [0.2, 0.25) is 0 Å². The Hall–Kier alpha value is -2.14. The second-order valence-corrected chi connectivity index (χ2v) is 6.18. The highest BCUT2D eigenvalue weighted by atomic mass is 32.1. The van der Waals surface area contributed by atoms with E-state index in [0.29, 0.717) is 5.69 Å². The predicted octanol–water partition coefficient (Wildman–Crippen LogP) is 3.93. The molecule has 0 fully saturated rings. The summed E-state index contributed by atoms with van der Waals surface area (Å²) in [4.78, 5) is 19.8. The summed E-state index contributed by atoms with van der Waals surface area (Å²) in [6.07, 6.45) is 4.05. The minimum absolute atomic E-state index is 0.0525. The maximum atomic E-state index is 12.6. The van der Waals surface area contributed by atoms with E-state index in [0.717, 1.165) is 35.6 Å². The van der Waals surface area contributed by atoms with Crippen LogP contribution in [0.15, 0.2) is 41.9 Å². The fourth-order valence-electron chi connectivity index (χ4n) is 2.38. The summed E-state index contributed by atoms with van der Waals surface area (Å²) in [5.41, 5.74) is 2.65. The van der Waals surface area contributed by atoms with E-state index in [1.54, 1.807) is 4.90 Å². The van der Waals surface area contributed by atoms with Crippen molar-refractivity contribution in [2.24, 2.45) is 0 Å². The molecule has 0 bridgehead atoms. The van der Waals surface area contributed by atoms with Crippen LogP contribution in [-0.2, 0) is 0 Å². The molecule has 0 radical (unpaired) electrons. The first-order valence-corrected chi connectivity index (χ1v) is 8.36. The molecule has 0 atom stereocenters. The van der Waals surface area contributed by atoms with E-state index in [1.165, 1.54) is 11.3 Å². The molecule has 0 saturated heterocycles. The maximum absolute atomic E-state index is 12.6. The molecule has 4 nitrogen and oxygen atoms in total. The molecule has 2 aromatic heterocycles. The van der Waals surface area contributed by atoms with Gasteiger partial charge in [0.25, 0.3) is 5.91 Å². The Kier molecular flexibility index (Phi) is 4.24. The number of benzene rings is 1. The third kappa shape index (κ3) is 2.76. The number of imidazole rings is 1. The van der Waals surface area contributed by atoms with Crippen LogP contribution in [0.5, 0.6) is 0 Å². The van der Waals surface area contributed by atoms with Crippen LogP contribution < -0.4 is 0 Å². The molecule has 114 valence electrons. The molecule has 0 unspecified atom stereocenters. The van der Waals surface area contributed by atoms with E-state index in [1.807, 2.05) is 53.4 Å². The van der Waals surface area contributed by atoms with E-state index in [2.05, 4.69) is 11.9 Å². The van der Waals surface area contributed by atoms with Gasteiger partial charge in [-0.1, -0.05) is 43.7 Å². The van der Waals surface area contributed by atoms with Crippen LogP contribution in [0, 0.1) is 0 Å². The fraction of sp³-hybridized carbons (Fsp3) is 0.294. The SMILES string of the molecule is CCCCN(C)C(=O)c1csc2nc(-c3ccccc3)cn12. The van der Waals surface area contributed by atoms with Crippen LogP contribution in [-0.4, -0.2) is 33.8 Å². The van der Waals surface area contributed by atoms with Gasteiger partial charge in [0.2, 0.25) is 0 Å². The van der Waals surface area contributed by atoms with Crippen molar-refractivity contribution >= 4 is 22.2 Å². The molecule has 1 amide bonds. The van der Waals surface area contributed by atoms with Gasteiger partial charge in [-0.25, -0.2) is 4.98 Å². The number of carbonyl (C=O) groups excluding carboxylic acids is 1. The van der Waals surface area contributed by atoms with Gasteiger partial charge in [-0.05, 0) is 6.42 Å². The second-order valence-electron chi connectivity index (χ2n) is 5.35. The molecule has 3 rings (SSSR count). The van der Waals surface area contributed by atoms with Crippen LogP contribution >= 0.6 is 11.3 Å². The van der Waals surface area contributed by atoms with Crippen LogP contribution in [0.3, 0.4) is 0 Å². The van der Waals surface area contributed by atoms with Gasteiger partial charge in [0.15, 0.2) is 4.96 Å². The lowest BCUT2D eigenvalue weighted by molar-refractivity contribution is 0.0787. The average Bonchev–Trinajstić information content (AvgIpc) is 3.13. The monoisotopic (exact) mass is 313 g/mol. The highest BCUT2D eigenvalue weighted by Crippen LogP contribution is 2.24. The first kappa shape index (κ1) is 14.8. The Morgan fingerprint density at radius 2 is 2.09 bits per heavy atom. The molecule has 5 heteroatoms. The van der Waals surface area contributed by atoms with Crippen LogP contribution in [0.1, 0.15) is 30.3 Å². The number of fused-ring (bicyclic) bond motifs is 1. The van der Waals surface area contributed by atoms with Gasteiger partial charge in [-0.15, -0.1) is 11.3 Å². The Morgan fingerprint density at radius 1 is 1.32 bits per heavy atom. The van der Waals surface area contributed by atoms with Crippen LogP contribution in [0.4, 0.5) is 0 Å². The standard InChI is InChI=1S/C17H19N3OS/c1-3-4-10-19(2)16(21)15-12-22-17-18-14(11-20(15)17)13-8-6-5-7-9-13/h5-9,11-12H,3-4,10H2,1-2H3. The second kappa shape index (κ2) is 6.32. The number of thiazole rings is 1. The average molecular weight is 313 g/mol. The molecule has 2 heterocycles. The highest BCUT2D eigenvalue weighted by Gasteiger charge is 2.18. The topological polar surface area (TPSA) is 37.6 Å².